The quantitative estimate of drug-likeness (QED) is 0.426. The molecule has 0 aromatic heterocycles. The predicted molar refractivity (Wildman–Crippen MR) is 71.7 cm³/mol. The van der Waals surface area contributed by atoms with Crippen LogP contribution in [0.2, 0.25) is 0 Å². The Hall–Kier alpha value is -1.31. The SMILES string of the molecule is Nc1cc(S(N)(=O)=O)ccc1NCCCCCO. The van der Waals surface area contributed by atoms with E-state index in [2.05, 4.69) is 5.32 Å². The number of hydrogen-bond donors (Lipinski definition) is 4. The van der Waals surface area contributed by atoms with E-state index in [4.69, 9.17) is 16.0 Å². The summed E-state index contributed by atoms with van der Waals surface area (Å²) in [5.41, 5.74) is 6.77. The fourth-order valence-corrected chi connectivity index (χ4v) is 2.06. The number of nitrogens with two attached hydrogens (primary N) is 2. The zero-order valence-corrected chi connectivity index (χ0v) is 10.9. The summed E-state index contributed by atoms with van der Waals surface area (Å²) < 4.78 is 22.2. The van der Waals surface area contributed by atoms with Gasteiger partial charge in [0.2, 0.25) is 10.0 Å². The molecule has 0 fully saturated rings. The van der Waals surface area contributed by atoms with E-state index in [1.165, 1.54) is 12.1 Å². The van der Waals surface area contributed by atoms with Crippen molar-refractivity contribution in [3.05, 3.63) is 18.2 Å². The second-order valence-corrected chi connectivity index (χ2v) is 5.57. The Balaban J connectivity index is 2.58. The van der Waals surface area contributed by atoms with E-state index in [1.54, 1.807) is 6.07 Å². The fraction of sp³-hybridized carbons (Fsp3) is 0.455. The van der Waals surface area contributed by atoms with Gasteiger partial charge in [-0.2, -0.15) is 0 Å². The number of aliphatic hydroxyl groups excluding tert-OH is 1. The lowest BCUT2D eigenvalue weighted by Crippen LogP contribution is -2.13. The minimum atomic E-state index is -3.71. The normalized spacial score (nSPS) is 11.4. The lowest BCUT2D eigenvalue weighted by atomic mass is 10.2. The standard InChI is InChI=1S/C11H19N3O3S/c12-10-8-9(18(13,16)17)4-5-11(10)14-6-2-1-3-7-15/h4-5,8,14-15H,1-3,6-7,12H2,(H2,13,16,17). The number of sulfonamides is 1. The third-order valence-corrected chi connectivity index (χ3v) is 3.41. The summed E-state index contributed by atoms with van der Waals surface area (Å²) in [5, 5.41) is 16.7. The number of nitrogen functional groups attached to an aromatic ring is 1. The van der Waals surface area contributed by atoms with Crippen LogP contribution in [-0.2, 0) is 10.0 Å². The second kappa shape index (κ2) is 6.58. The van der Waals surface area contributed by atoms with Crippen LogP contribution in [-0.4, -0.2) is 26.7 Å². The molecule has 0 amide bonds. The van der Waals surface area contributed by atoms with Crippen molar-refractivity contribution in [2.45, 2.75) is 24.2 Å². The maximum atomic E-state index is 11.1. The van der Waals surface area contributed by atoms with Gasteiger partial charge in [-0.05, 0) is 37.5 Å². The van der Waals surface area contributed by atoms with Gasteiger partial charge in [0, 0.05) is 13.2 Å². The van der Waals surface area contributed by atoms with Crippen LogP contribution in [0.1, 0.15) is 19.3 Å². The van der Waals surface area contributed by atoms with Gasteiger partial charge in [0.1, 0.15) is 0 Å². The molecule has 1 aromatic carbocycles. The van der Waals surface area contributed by atoms with Gasteiger partial charge < -0.3 is 16.2 Å². The van der Waals surface area contributed by atoms with Gasteiger partial charge in [-0.25, -0.2) is 13.6 Å². The molecule has 6 nitrogen and oxygen atoms in total. The molecule has 1 rings (SSSR count). The van der Waals surface area contributed by atoms with Crippen LogP contribution >= 0.6 is 0 Å². The maximum absolute atomic E-state index is 11.1. The van der Waals surface area contributed by atoms with Gasteiger partial charge >= 0.3 is 0 Å². The highest BCUT2D eigenvalue weighted by molar-refractivity contribution is 7.89. The first-order valence-electron chi connectivity index (χ1n) is 5.72. The van der Waals surface area contributed by atoms with Crippen LogP contribution in [0.3, 0.4) is 0 Å². The molecule has 0 saturated carbocycles. The molecule has 0 aliphatic heterocycles. The minimum Gasteiger partial charge on any atom is -0.397 e. The Bertz CT molecular complexity index is 488. The van der Waals surface area contributed by atoms with Crippen LogP contribution in [0.4, 0.5) is 11.4 Å². The summed E-state index contributed by atoms with van der Waals surface area (Å²) in [6.07, 6.45) is 2.62. The van der Waals surface area contributed by atoms with E-state index in [-0.39, 0.29) is 11.5 Å². The van der Waals surface area contributed by atoms with Crippen LogP contribution < -0.4 is 16.2 Å². The van der Waals surface area contributed by atoms with Crippen LogP contribution in [0.5, 0.6) is 0 Å². The number of rotatable bonds is 7. The summed E-state index contributed by atoms with van der Waals surface area (Å²) in [7, 11) is -3.71. The molecule has 1 aromatic rings. The second-order valence-electron chi connectivity index (χ2n) is 4.01. The van der Waals surface area contributed by atoms with Crippen LogP contribution in [0.25, 0.3) is 0 Å². The van der Waals surface area contributed by atoms with E-state index >= 15 is 0 Å². The monoisotopic (exact) mass is 273 g/mol. The van der Waals surface area contributed by atoms with Gasteiger partial charge in [0.25, 0.3) is 0 Å². The first kappa shape index (κ1) is 14.7. The zero-order chi connectivity index (χ0) is 13.6. The molecule has 0 saturated heterocycles. The molecule has 0 spiro atoms. The summed E-state index contributed by atoms with van der Waals surface area (Å²) in [5.74, 6) is 0. The number of unbranched alkanes of at least 4 members (excludes halogenated alkanes) is 2. The van der Waals surface area contributed by atoms with Crippen LogP contribution in [0, 0.1) is 0 Å². The van der Waals surface area contributed by atoms with Gasteiger partial charge in [-0.3, -0.25) is 0 Å². The van der Waals surface area contributed by atoms with Crippen molar-refractivity contribution in [3.63, 3.8) is 0 Å². The molecule has 0 bridgehead atoms. The molecular formula is C11H19N3O3S. The third kappa shape index (κ3) is 4.52. The zero-order valence-electron chi connectivity index (χ0n) is 10.1. The number of nitrogens with one attached hydrogen (secondary N) is 1. The molecule has 6 N–H and O–H groups in total. The highest BCUT2D eigenvalue weighted by atomic mass is 32.2. The average molecular weight is 273 g/mol. The van der Waals surface area contributed by atoms with E-state index in [9.17, 15) is 8.42 Å². The highest BCUT2D eigenvalue weighted by Gasteiger charge is 2.09. The smallest absolute Gasteiger partial charge is 0.238 e. The average Bonchev–Trinajstić information content (AvgIpc) is 2.29. The van der Waals surface area contributed by atoms with Crippen molar-refractivity contribution in [2.24, 2.45) is 5.14 Å². The fourth-order valence-electron chi connectivity index (χ4n) is 1.52. The Labute approximate surface area is 107 Å². The molecule has 0 aliphatic carbocycles. The van der Waals surface area contributed by atoms with Crippen molar-refractivity contribution in [1.82, 2.24) is 0 Å². The van der Waals surface area contributed by atoms with Gasteiger partial charge in [-0.1, -0.05) is 0 Å². The highest BCUT2D eigenvalue weighted by Crippen LogP contribution is 2.21. The van der Waals surface area contributed by atoms with E-state index in [1.807, 2.05) is 0 Å². The number of hydrogen-bond acceptors (Lipinski definition) is 5. The molecule has 0 radical (unpaired) electrons. The van der Waals surface area contributed by atoms with Crippen molar-refractivity contribution < 1.29 is 13.5 Å². The molecule has 102 valence electrons. The lowest BCUT2D eigenvalue weighted by molar-refractivity contribution is 0.283. The largest absolute Gasteiger partial charge is 0.397 e. The summed E-state index contributed by atoms with van der Waals surface area (Å²) in [6.45, 7) is 0.921. The van der Waals surface area contributed by atoms with Crippen molar-refractivity contribution >= 4 is 21.4 Å². The molecule has 0 unspecified atom stereocenters. The Morgan fingerprint density at radius 1 is 1.22 bits per heavy atom. The third-order valence-electron chi connectivity index (χ3n) is 2.50. The maximum Gasteiger partial charge on any atom is 0.238 e. The first-order chi connectivity index (χ1) is 8.45. The molecule has 18 heavy (non-hydrogen) atoms. The van der Waals surface area contributed by atoms with E-state index < -0.39 is 10.0 Å². The van der Waals surface area contributed by atoms with Crippen LogP contribution in [0.15, 0.2) is 23.1 Å². The number of aliphatic hydroxyl groups is 1. The van der Waals surface area contributed by atoms with Crippen molar-refractivity contribution in [2.75, 3.05) is 24.2 Å². The number of primary sulfonamides is 1. The Morgan fingerprint density at radius 3 is 2.50 bits per heavy atom. The summed E-state index contributed by atoms with van der Waals surface area (Å²) >= 11 is 0. The summed E-state index contributed by atoms with van der Waals surface area (Å²) in [6, 6.07) is 4.36. The Morgan fingerprint density at radius 2 is 1.94 bits per heavy atom. The van der Waals surface area contributed by atoms with Crippen molar-refractivity contribution in [1.29, 1.82) is 0 Å². The molecule has 0 atom stereocenters. The predicted octanol–water partition coefficient (Wildman–Crippen LogP) is 0.491. The molecule has 7 heteroatoms. The van der Waals surface area contributed by atoms with Crippen molar-refractivity contribution in [3.8, 4) is 0 Å². The molecule has 0 heterocycles. The van der Waals surface area contributed by atoms with E-state index in [0.717, 1.165) is 25.8 Å². The topological polar surface area (TPSA) is 118 Å². The van der Waals surface area contributed by atoms with Gasteiger partial charge in [0.15, 0.2) is 0 Å². The number of benzene rings is 1. The van der Waals surface area contributed by atoms with Gasteiger partial charge in [-0.15, -0.1) is 0 Å². The summed E-state index contributed by atoms with van der Waals surface area (Å²) in [4.78, 5) is 0.00540. The minimum absolute atomic E-state index is 0.00540. The first-order valence-corrected chi connectivity index (χ1v) is 7.27. The molecule has 0 aliphatic rings. The van der Waals surface area contributed by atoms with Gasteiger partial charge in [0.05, 0.1) is 16.3 Å². The van der Waals surface area contributed by atoms with E-state index in [0.29, 0.717) is 11.4 Å². The molecular weight excluding hydrogens is 254 g/mol. The number of anilines is 2. The lowest BCUT2D eigenvalue weighted by Gasteiger charge is -2.10. The Kier molecular flexibility index (Phi) is 5.39.